The van der Waals surface area contributed by atoms with E-state index in [1.165, 1.54) is 69.8 Å². The lowest BCUT2D eigenvalue weighted by Gasteiger charge is -2.50. The molecule has 4 aliphatic carbocycles. The van der Waals surface area contributed by atoms with E-state index < -0.39 is 11.2 Å². The number of fused-ring (bicyclic) bond motifs is 2. The standard InChI is InChI=1S/2C15H26O/c2*1-11-6-5-8-15(4)9-7-12(10-13(11)15)14(2,3)16/h6,12-13,16H,5,7-10H2,1-4H3;12-13,16H,1,5-10H2,2-4H3/t12-,13?,15-;12-,13+,15-/m11/s1. The van der Waals surface area contributed by atoms with Gasteiger partial charge in [-0.05, 0) is 140 Å². The van der Waals surface area contributed by atoms with E-state index >= 15 is 0 Å². The smallest absolute Gasteiger partial charge is 0.0620 e. The minimum atomic E-state index is -0.515. The summed E-state index contributed by atoms with van der Waals surface area (Å²) in [6.07, 6.45) is 16.2. The van der Waals surface area contributed by atoms with Crippen molar-refractivity contribution in [3.63, 3.8) is 0 Å². The zero-order chi connectivity index (χ0) is 23.9. The van der Waals surface area contributed by atoms with E-state index in [1.54, 1.807) is 5.57 Å². The van der Waals surface area contributed by atoms with Gasteiger partial charge in [0, 0.05) is 0 Å². The number of allylic oxidation sites excluding steroid dienone is 3. The maximum atomic E-state index is 10.2. The average Bonchev–Trinajstić information content (AvgIpc) is 2.66. The fourth-order valence-corrected chi connectivity index (χ4v) is 7.67. The first-order valence-corrected chi connectivity index (χ1v) is 13.4. The van der Waals surface area contributed by atoms with Crippen LogP contribution in [0.5, 0.6) is 0 Å². The van der Waals surface area contributed by atoms with Crippen molar-refractivity contribution in [3.05, 3.63) is 23.8 Å². The second-order valence-corrected chi connectivity index (χ2v) is 13.7. The summed E-state index contributed by atoms with van der Waals surface area (Å²) in [5, 5.41) is 20.4. The Morgan fingerprint density at radius 1 is 0.844 bits per heavy atom. The molecular weight excluding hydrogens is 392 g/mol. The van der Waals surface area contributed by atoms with Crippen molar-refractivity contribution >= 4 is 0 Å². The van der Waals surface area contributed by atoms with Crippen LogP contribution < -0.4 is 0 Å². The highest BCUT2D eigenvalue weighted by atomic mass is 16.3. The largest absolute Gasteiger partial charge is 0.390 e. The molecule has 0 aromatic heterocycles. The van der Waals surface area contributed by atoms with Crippen LogP contribution in [0.2, 0.25) is 0 Å². The van der Waals surface area contributed by atoms with E-state index in [0.717, 1.165) is 6.42 Å². The van der Waals surface area contributed by atoms with E-state index in [2.05, 4.69) is 33.4 Å². The number of aliphatic hydroxyl groups is 2. The third-order valence-corrected chi connectivity index (χ3v) is 10.3. The van der Waals surface area contributed by atoms with Crippen molar-refractivity contribution in [2.24, 2.45) is 34.5 Å². The van der Waals surface area contributed by atoms with Gasteiger partial charge in [0.25, 0.3) is 0 Å². The highest BCUT2D eigenvalue weighted by Gasteiger charge is 2.46. The molecule has 4 aliphatic rings. The summed E-state index contributed by atoms with van der Waals surface area (Å²) in [6.45, 7) is 19.3. The average molecular weight is 445 g/mol. The maximum absolute atomic E-state index is 10.2. The van der Waals surface area contributed by atoms with Crippen LogP contribution in [0, 0.1) is 34.5 Å². The predicted octanol–water partition coefficient (Wildman–Crippen LogP) is 7.84. The van der Waals surface area contributed by atoms with E-state index in [9.17, 15) is 10.2 Å². The summed E-state index contributed by atoms with van der Waals surface area (Å²) in [5.41, 5.74) is 3.00. The van der Waals surface area contributed by atoms with Crippen molar-refractivity contribution in [1.29, 1.82) is 0 Å². The zero-order valence-electron chi connectivity index (χ0n) is 22.3. The molecule has 2 N–H and O–H groups in total. The van der Waals surface area contributed by atoms with Crippen LogP contribution in [0.3, 0.4) is 0 Å². The fraction of sp³-hybridized carbons (Fsp3) is 0.867. The third-order valence-electron chi connectivity index (χ3n) is 10.3. The van der Waals surface area contributed by atoms with Crippen molar-refractivity contribution in [2.75, 3.05) is 0 Å². The molecule has 0 aliphatic heterocycles. The van der Waals surface area contributed by atoms with Gasteiger partial charge in [-0.3, -0.25) is 0 Å². The summed E-state index contributed by atoms with van der Waals surface area (Å²) in [6, 6.07) is 0. The Bertz CT molecular complexity index is 701. The Labute approximate surface area is 199 Å². The van der Waals surface area contributed by atoms with E-state index in [4.69, 9.17) is 0 Å². The van der Waals surface area contributed by atoms with Crippen LogP contribution in [-0.2, 0) is 0 Å². The van der Waals surface area contributed by atoms with Crippen LogP contribution in [0.25, 0.3) is 0 Å². The lowest BCUT2D eigenvalue weighted by atomic mass is 9.55. The Morgan fingerprint density at radius 3 is 1.88 bits per heavy atom. The Hall–Kier alpha value is -0.600. The van der Waals surface area contributed by atoms with Crippen molar-refractivity contribution in [3.8, 4) is 0 Å². The number of hydrogen-bond donors (Lipinski definition) is 2. The molecule has 2 nitrogen and oxygen atoms in total. The van der Waals surface area contributed by atoms with E-state index in [1.807, 2.05) is 27.7 Å². The molecule has 0 bridgehead atoms. The minimum absolute atomic E-state index is 0.459. The molecule has 184 valence electrons. The first kappa shape index (κ1) is 26.0. The Kier molecular flexibility index (Phi) is 7.49. The molecule has 0 amide bonds. The Balaban J connectivity index is 0.000000181. The van der Waals surface area contributed by atoms with Gasteiger partial charge in [-0.25, -0.2) is 0 Å². The predicted molar refractivity (Wildman–Crippen MR) is 136 cm³/mol. The molecule has 3 fully saturated rings. The van der Waals surface area contributed by atoms with Crippen molar-refractivity contribution in [2.45, 2.75) is 130 Å². The quantitative estimate of drug-likeness (QED) is 0.426. The van der Waals surface area contributed by atoms with Gasteiger partial charge in [-0.1, -0.05) is 37.6 Å². The molecule has 0 saturated heterocycles. The van der Waals surface area contributed by atoms with Crippen LogP contribution in [0.4, 0.5) is 0 Å². The SMILES string of the molecule is C=C1CCC[C@]2(C)CC[C@@H](C(C)(C)O)C[C@@H]12.CC1=CCC[C@]2(C)CC[C@@H](C(C)(C)O)CC12. The summed E-state index contributed by atoms with van der Waals surface area (Å²) in [7, 11) is 0. The van der Waals surface area contributed by atoms with Crippen LogP contribution in [-0.4, -0.2) is 21.4 Å². The molecule has 1 unspecified atom stereocenters. The first-order chi connectivity index (χ1) is 14.7. The summed E-state index contributed by atoms with van der Waals surface area (Å²) >= 11 is 0. The van der Waals surface area contributed by atoms with E-state index in [0.29, 0.717) is 34.5 Å². The van der Waals surface area contributed by atoms with E-state index in [-0.39, 0.29) is 0 Å². The van der Waals surface area contributed by atoms with Gasteiger partial charge in [-0.15, -0.1) is 0 Å². The topological polar surface area (TPSA) is 40.5 Å². The highest BCUT2D eigenvalue weighted by molar-refractivity contribution is 5.15. The van der Waals surface area contributed by atoms with Gasteiger partial charge in [0.05, 0.1) is 11.2 Å². The summed E-state index contributed by atoms with van der Waals surface area (Å²) < 4.78 is 0. The second kappa shape index (κ2) is 9.21. The molecule has 0 heterocycles. The number of rotatable bonds is 2. The third kappa shape index (κ3) is 5.54. The first-order valence-electron chi connectivity index (χ1n) is 13.4. The van der Waals surface area contributed by atoms with Gasteiger partial charge in [-0.2, -0.15) is 0 Å². The monoisotopic (exact) mass is 444 g/mol. The maximum Gasteiger partial charge on any atom is 0.0620 e. The van der Waals surface area contributed by atoms with Crippen molar-refractivity contribution in [1.82, 2.24) is 0 Å². The second-order valence-electron chi connectivity index (χ2n) is 13.7. The molecule has 0 spiro atoms. The molecule has 0 aromatic carbocycles. The summed E-state index contributed by atoms with van der Waals surface area (Å²) in [4.78, 5) is 0. The normalized spacial score (nSPS) is 40.4. The molecule has 0 radical (unpaired) electrons. The zero-order valence-corrected chi connectivity index (χ0v) is 22.3. The van der Waals surface area contributed by atoms with Crippen LogP contribution in [0.1, 0.15) is 119 Å². The number of hydrogen-bond acceptors (Lipinski definition) is 2. The Morgan fingerprint density at radius 2 is 1.34 bits per heavy atom. The van der Waals surface area contributed by atoms with Crippen LogP contribution in [0.15, 0.2) is 23.8 Å². The van der Waals surface area contributed by atoms with Gasteiger partial charge in [0.1, 0.15) is 0 Å². The van der Waals surface area contributed by atoms with Gasteiger partial charge < -0.3 is 10.2 Å². The van der Waals surface area contributed by atoms with Crippen LogP contribution >= 0.6 is 0 Å². The highest BCUT2D eigenvalue weighted by Crippen LogP contribution is 2.55. The fourth-order valence-electron chi connectivity index (χ4n) is 7.67. The molecule has 0 aromatic rings. The molecule has 2 heteroatoms. The van der Waals surface area contributed by atoms with Gasteiger partial charge in [0.2, 0.25) is 0 Å². The lowest BCUT2D eigenvalue weighted by molar-refractivity contribution is -0.0406. The summed E-state index contributed by atoms with van der Waals surface area (Å²) in [5.74, 6) is 2.31. The molecule has 32 heavy (non-hydrogen) atoms. The molecule has 3 saturated carbocycles. The van der Waals surface area contributed by atoms with Gasteiger partial charge in [0.15, 0.2) is 0 Å². The molecule has 6 atom stereocenters. The minimum Gasteiger partial charge on any atom is -0.390 e. The lowest BCUT2D eigenvalue weighted by Crippen LogP contribution is -2.43. The van der Waals surface area contributed by atoms with Crippen molar-refractivity contribution < 1.29 is 10.2 Å². The molecule has 4 rings (SSSR count). The molecular formula is C30H52O2. The van der Waals surface area contributed by atoms with Gasteiger partial charge >= 0.3 is 0 Å².